The zero-order valence-corrected chi connectivity index (χ0v) is 6.10. The zero-order chi connectivity index (χ0) is 2.71. The van der Waals surface area contributed by atoms with E-state index in [2.05, 4.69) is 0 Å². The van der Waals surface area contributed by atoms with E-state index in [4.69, 9.17) is 9.79 Å². The van der Waals surface area contributed by atoms with Gasteiger partial charge in [-0.3, -0.25) is 0 Å². The predicted molar refractivity (Wildman–Crippen MR) is 12.8 cm³/mol. The number of hydrogen-bond donors (Lipinski definition) is 2. The van der Waals surface area contributed by atoms with Crippen molar-refractivity contribution in [1.82, 2.24) is 0 Å². The molecule has 0 amide bonds. The molecule has 0 aromatic heterocycles. The summed E-state index contributed by atoms with van der Waals surface area (Å²) in [5.74, 6) is 0. The van der Waals surface area contributed by atoms with Crippen LogP contribution in [0.15, 0.2) is 0 Å². The molecule has 2 nitrogen and oxygen atoms in total. The van der Waals surface area contributed by atoms with Crippen LogP contribution in [0.1, 0.15) is 0 Å². The molecule has 4 heavy (non-hydrogen) atoms. The monoisotopic (exact) mass is 208 g/mol. The maximum Gasteiger partial charge on any atom is 0.149 e. The van der Waals surface area contributed by atoms with Crippen LogP contribution in [0.2, 0.25) is 0 Å². The van der Waals surface area contributed by atoms with Crippen molar-refractivity contribution in [1.29, 1.82) is 0 Å². The van der Waals surface area contributed by atoms with Crippen LogP contribution >= 0.6 is 9.03 Å². The second-order valence-corrected chi connectivity index (χ2v) is 0.300. The van der Waals surface area contributed by atoms with Crippen LogP contribution in [-0.2, 0) is 0 Å². The van der Waals surface area contributed by atoms with Gasteiger partial charge in [0.1, 0.15) is 9.03 Å². The van der Waals surface area contributed by atoms with E-state index in [0.717, 1.165) is 0 Å². The van der Waals surface area contributed by atoms with Crippen LogP contribution < -0.4 is 0 Å². The average Bonchev–Trinajstić information content (AvgIpc) is 0.918. The van der Waals surface area contributed by atoms with Crippen LogP contribution in [0.3, 0.4) is 0 Å². The molecule has 0 aromatic rings. The van der Waals surface area contributed by atoms with Gasteiger partial charge in [-0.1, -0.05) is 0 Å². The first-order valence-electron chi connectivity index (χ1n) is 0.447. The Kier molecular flexibility index (Phi) is 20.3. The third-order valence-corrected chi connectivity index (χ3v) is 0. The van der Waals surface area contributed by atoms with Gasteiger partial charge in [0.25, 0.3) is 0 Å². The normalized spacial score (nSPS) is 4.50. The molecule has 0 aliphatic heterocycles. The Balaban J connectivity index is 0. The molecule has 0 unspecified atom stereocenters. The molecule has 0 atom stereocenters. The molecule has 0 saturated carbocycles. The summed E-state index contributed by atoms with van der Waals surface area (Å²) in [6, 6.07) is 0. The van der Waals surface area contributed by atoms with Crippen molar-refractivity contribution in [3.8, 4) is 0 Å². The smallest absolute Gasteiger partial charge is 0.149 e. The van der Waals surface area contributed by atoms with Gasteiger partial charge in [0.15, 0.2) is 0 Å². The second-order valence-electron chi connectivity index (χ2n) is 0.100. The van der Waals surface area contributed by atoms with Crippen LogP contribution in [0.4, 0.5) is 0 Å². The molecule has 0 heterocycles. The van der Waals surface area contributed by atoms with Gasteiger partial charge in [-0.15, -0.1) is 0 Å². The minimum absolute atomic E-state index is 0. The van der Waals surface area contributed by atoms with Gasteiger partial charge in [-0.2, -0.15) is 0 Å². The van der Waals surface area contributed by atoms with Gasteiger partial charge in [-0.25, -0.2) is 0 Å². The van der Waals surface area contributed by atoms with Crippen molar-refractivity contribution in [3.63, 3.8) is 0 Å². The number of hydrogen-bond acceptors (Lipinski definition) is 2. The third kappa shape index (κ3) is 9.33. The summed E-state index contributed by atoms with van der Waals surface area (Å²) in [6.45, 7) is 0. The largest absolute Gasteiger partial charge is 0.352 e. The Bertz CT molecular complexity index is 6.00. The maximum atomic E-state index is 7.15. The van der Waals surface area contributed by atoms with Gasteiger partial charge in [0, 0.05) is 40.8 Å². The van der Waals surface area contributed by atoms with Crippen molar-refractivity contribution >= 4 is 9.03 Å². The molecular formula is H3NdO2P. The molecule has 0 bridgehead atoms. The Morgan fingerprint density at radius 1 is 1.25 bits per heavy atom. The Hall–Kier alpha value is 1.70. The Morgan fingerprint density at radius 3 is 1.25 bits per heavy atom. The van der Waals surface area contributed by atoms with E-state index in [1.807, 2.05) is 0 Å². The average molecular weight is 210 g/mol. The van der Waals surface area contributed by atoms with Gasteiger partial charge < -0.3 is 9.79 Å². The summed E-state index contributed by atoms with van der Waals surface area (Å²) in [6.07, 6.45) is 0. The van der Waals surface area contributed by atoms with E-state index < -0.39 is 9.03 Å². The van der Waals surface area contributed by atoms with Gasteiger partial charge in [0.05, 0.1) is 0 Å². The molecule has 2 N–H and O–H groups in total. The fourth-order valence-electron chi connectivity index (χ4n) is 0. The van der Waals surface area contributed by atoms with Gasteiger partial charge in [-0.05, 0) is 0 Å². The van der Waals surface area contributed by atoms with Crippen LogP contribution in [0.25, 0.3) is 0 Å². The van der Waals surface area contributed by atoms with E-state index in [0.29, 0.717) is 0 Å². The summed E-state index contributed by atoms with van der Waals surface area (Å²) in [5.41, 5.74) is 0. The quantitative estimate of drug-likeness (QED) is 0.528. The summed E-state index contributed by atoms with van der Waals surface area (Å²) in [4.78, 5) is 14.3. The minimum atomic E-state index is -0.917. The minimum Gasteiger partial charge on any atom is -0.352 e. The van der Waals surface area contributed by atoms with Gasteiger partial charge >= 0.3 is 0 Å². The summed E-state index contributed by atoms with van der Waals surface area (Å²) < 4.78 is 0. The maximum absolute atomic E-state index is 7.15. The molecule has 0 spiro atoms. The van der Waals surface area contributed by atoms with Crippen LogP contribution in [-0.4, -0.2) is 9.79 Å². The molecule has 0 aromatic carbocycles. The second kappa shape index (κ2) is 8.83. The first-order chi connectivity index (χ1) is 1.41. The molecule has 4 heteroatoms. The molecule has 0 saturated heterocycles. The Labute approximate surface area is 59.1 Å². The molecule has 0 fully saturated rings. The molecule has 0 rings (SSSR count). The van der Waals surface area contributed by atoms with E-state index in [1.54, 1.807) is 0 Å². The summed E-state index contributed by atoms with van der Waals surface area (Å²) in [5, 5.41) is 0. The fraction of sp³-hybridized carbons (Fsp3) is 0. The van der Waals surface area contributed by atoms with E-state index >= 15 is 0 Å². The van der Waals surface area contributed by atoms with Gasteiger partial charge in [0.2, 0.25) is 0 Å². The van der Waals surface area contributed by atoms with Crippen molar-refractivity contribution < 1.29 is 50.6 Å². The van der Waals surface area contributed by atoms with Crippen molar-refractivity contribution in [2.24, 2.45) is 0 Å². The van der Waals surface area contributed by atoms with Crippen LogP contribution in [0.5, 0.6) is 0 Å². The summed E-state index contributed by atoms with van der Waals surface area (Å²) in [7, 11) is -0.917. The van der Waals surface area contributed by atoms with E-state index in [1.165, 1.54) is 0 Å². The predicted octanol–water partition coefficient (Wildman–Crippen LogP) is -0.520. The van der Waals surface area contributed by atoms with E-state index in [9.17, 15) is 0 Å². The van der Waals surface area contributed by atoms with Crippen molar-refractivity contribution in [2.75, 3.05) is 0 Å². The topological polar surface area (TPSA) is 40.5 Å². The molecule has 0 radical (unpaired) electrons. The molecular weight excluding hydrogens is 207 g/mol. The number of rotatable bonds is 0. The fourth-order valence-corrected chi connectivity index (χ4v) is 0. The van der Waals surface area contributed by atoms with Crippen LogP contribution in [0, 0.1) is 40.8 Å². The standard InChI is InChI=1S/Nd.H3O2P/c;1-3-2/h;1-3H. The van der Waals surface area contributed by atoms with E-state index in [-0.39, 0.29) is 40.8 Å². The first-order valence-corrected chi connectivity index (χ1v) is 1.34. The van der Waals surface area contributed by atoms with Crippen molar-refractivity contribution in [2.45, 2.75) is 0 Å². The third-order valence-electron chi connectivity index (χ3n) is 0. The Morgan fingerprint density at radius 2 is 1.25 bits per heavy atom. The van der Waals surface area contributed by atoms with Crippen molar-refractivity contribution in [3.05, 3.63) is 0 Å². The first kappa shape index (κ1) is 9.20. The molecule has 0 aliphatic rings. The zero-order valence-electron chi connectivity index (χ0n) is 1.89. The summed E-state index contributed by atoms with van der Waals surface area (Å²) >= 11 is 0. The molecule has 0 aliphatic carbocycles. The molecule has 24 valence electrons. The SMILES string of the molecule is OPO.[Nd].